The van der Waals surface area contributed by atoms with E-state index in [4.69, 9.17) is 34.9 Å². The summed E-state index contributed by atoms with van der Waals surface area (Å²) in [5.74, 6) is -4.28. The van der Waals surface area contributed by atoms with E-state index in [-0.39, 0.29) is 115 Å². The molecule has 342 valence electrons. The van der Waals surface area contributed by atoms with Gasteiger partial charge in [-0.25, -0.2) is 4.79 Å². The Labute approximate surface area is 348 Å². The maximum atomic E-state index is 12.3. The van der Waals surface area contributed by atoms with E-state index >= 15 is 0 Å². The summed E-state index contributed by atoms with van der Waals surface area (Å²) in [6, 6.07) is -2.04. The van der Waals surface area contributed by atoms with Crippen LogP contribution in [0.4, 0.5) is 0 Å². The Morgan fingerprint density at radius 3 is 1.34 bits per heavy atom. The Balaban J connectivity index is 3.65. The summed E-state index contributed by atoms with van der Waals surface area (Å²) in [5.41, 5.74) is 5.42. The molecule has 0 rings (SSSR count). The molecule has 19 heteroatoms. The fourth-order valence-corrected chi connectivity index (χ4v) is 5.63. The monoisotopic (exact) mass is 848 g/mol. The highest BCUT2D eigenvalue weighted by atomic mass is 16.5. The van der Waals surface area contributed by atoms with Gasteiger partial charge in [-0.3, -0.25) is 28.8 Å². The third kappa shape index (κ3) is 39.3. The van der Waals surface area contributed by atoms with Gasteiger partial charge in [-0.05, 0) is 38.5 Å². The molecule has 0 saturated heterocycles. The highest BCUT2D eigenvalue weighted by Crippen LogP contribution is 2.13. The molecule has 4 amide bonds. The second kappa shape index (κ2) is 39.5. The second-order valence-electron chi connectivity index (χ2n) is 14.3. The van der Waals surface area contributed by atoms with Gasteiger partial charge in [0.2, 0.25) is 23.6 Å². The summed E-state index contributed by atoms with van der Waals surface area (Å²) >= 11 is 0. The molecule has 0 saturated carbocycles. The summed E-state index contributed by atoms with van der Waals surface area (Å²) in [6.07, 6.45) is 15.6. The molecular formula is C40H73N5O14. The molecule has 0 unspecified atom stereocenters. The van der Waals surface area contributed by atoms with Gasteiger partial charge in [0.05, 0.1) is 39.6 Å². The van der Waals surface area contributed by atoms with Crippen LogP contribution in [0.1, 0.15) is 128 Å². The number of carboxylic acids is 3. The molecule has 0 spiro atoms. The number of nitrogens with two attached hydrogens (primary N) is 1. The van der Waals surface area contributed by atoms with Gasteiger partial charge in [0.25, 0.3) is 0 Å². The van der Waals surface area contributed by atoms with Gasteiger partial charge >= 0.3 is 17.9 Å². The Morgan fingerprint density at radius 2 is 0.864 bits per heavy atom. The number of carbonyl (C=O) groups excluding carboxylic acids is 4. The Bertz CT molecular complexity index is 1160. The number of aliphatic carboxylic acids is 3. The lowest BCUT2D eigenvalue weighted by Crippen LogP contribution is -2.41. The third-order valence-corrected chi connectivity index (χ3v) is 9.02. The van der Waals surface area contributed by atoms with E-state index in [2.05, 4.69) is 21.3 Å². The summed E-state index contributed by atoms with van der Waals surface area (Å²) in [5, 5.41) is 37.3. The van der Waals surface area contributed by atoms with E-state index in [0.717, 1.165) is 51.4 Å². The van der Waals surface area contributed by atoms with Crippen LogP contribution in [0, 0.1) is 0 Å². The molecule has 0 aliphatic carbocycles. The molecule has 0 aromatic heterocycles. The van der Waals surface area contributed by atoms with Crippen molar-refractivity contribution in [2.45, 2.75) is 141 Å². The lowest BCUT2D eigenvalue weighted by Gasteiger charge is -2.14. The van der Waals surface area contributed by atoms with E-state index in [1.54, 1.807) is 0 Å². The maximum absolute atomic E-state index is 12.3. The molecular weight excluding hydrogens is 774 g/mol. The molecule has 0 fully saturated rings. The first-order valence-corrected chi connectivity index (χ1v) is 21.3. The number of rotatable bonds is 43. The number of carboxylic acid groups (broad SMARTS) is 3. The standard InChI is InChI=1S/C40H73N5O14/c41-32(39(52)53)16-14-15-21-42-36(48)30-58-28-27-57-25-23-44-37(49)31-59-29-26-56-24-22-43-34(46)20-19-33(40(54)55)45-35(47)17-12-10-8-6-4-2-1-3-5-7-9-11-13-18-38(50)51/h32-33H,1-31,41H2,(H,42,48)(H,43,46)(H,44,49)(H,45,47)(H,50,51)(H,52,53)(H,54,55)/t32-,33-/m0/s1. The zero-order valence-electron chi connectivity index (χ0n) is 35.0. The fraction of sp³-hybridized carbons (Fsp3) is 0.825. The maximum Gasteiger partial charge on any atom is 0.326 e. The van der Waals surface area contributed by atoms with E-state index in [0.29, 0.717) is 32.2 Å². The number of ether oxygens (including phenoxy) is 4. The third-order valence-electron chi connectivity index (χ3n) is 9.02. The second-order valence-corrected chi connectivity index (χ2v) is 14.3. The first kappa shape index (κ1) is 55.1. The fourth-order valence-electron chi connectivity index (χ4n) is 5.63. The van der Waals surface area contributed by atoms with Crippen LogP contribution >= 0.6 is 0 Å². The molecule has 0 heterocycles. The predicted octanol–water partition coefficient (Wildman–Crippen LogP) is 2.27. The Kier molecular flexibility index (Phi) is 36.9. The van der Waals surface area contributed by atoms with Crippen molar-refractivity contribution in [2.24, 2.45) is 5.73 Å². The van der Waals surface area contributed by atoms with E-state index < -0.39 is 30.0 Å². The van der Waals surface area contributed by atoms with Crippen LogP contribution in [0.5, 0.6) is 0 Å². The molecule has 0 aromatic carbocycles. The molecule has 0 aliphatic heterocycles. The van der Waals surface area contributed by atoms with Crippen LogP contribution < -0.4 is 27.0 Å². The van der Waals surface area contributed by atoms with Crippen LogP contribution in [0.15, 0.2) is 0 Å². The van der Waals surface area contributed by atoms with Gasteiger partial charge < -0.3 is 61.3 Å². The normalized spacial score (nSPS) is 12.0. The van der Waals surface area contributed by atoms with Crippen molar-refractivity contribution in [1.29, 1.82) is 0 Å². The number of carbonyl (C=O) groups is 7. The first-order chi connectivity index (χ1) is 28.4. The summed E-state index contributed by atoms with van der Waals surface area (Å²) in [4.78, 5) is 80.8. The van der Waals surface area contributed by atoms with E-state index in [9.17, 15) is 38.7 Å². The van der Waals surface area contributed by atoms with Gasteiger partial charge in [-0.15, -0.1) is 0 Å². The minimum atomic E-state index is -1.19. The van der Waals surface area contributed by atoms with Gasteiger partial charge in [0, 0.05) is 38.9 Å². The van der Waals surface area contributed by atoms with Crippen molar-refractivity contribution in [3.05, 3.63) is 0 Å². The van der Waals surface area contributed by atoms with Crippen molar-refractivity contribution in [3.63, 3.8) is 0 Å². The smallest absolute Gasteiger partial charge is 0.326 e. The van der Waals surface area contributed by atoms with Crippen molar-refractivity contribution in [2.75, 3.05) is 72.5 Å². The van der Waals surface area contributed by atoms with Crippen LogP contribution in [0.3, 0.4) is 0 Å². The minimum absolute atomic E-state index is 0.0339. The first-order valence-electron chi connectivity index (χ1n) is 21.3. The average molecular weight is 848 g/mol. The zero-order chi connectivity index (χ0) is 43.8. The van der Waals surface area contributed by atoms with Gasteiger partial charge in [0.1, 0.15) is 25.3 Å². The average Bonchev–Trinajstić information content (AvgIpc) is 3.19. The van der Waals surface area contributed by atoms with Crippen molar-refractivity contribution >= 4 is 41.5 Å². The highest BCUT2D eigenvalue weighted by molar-refractivity contribution is 5.84. The van der Waals surface area contributed by atoms with Gasteiger partial charge in [0.15, 0.2) is 0 Å². The lowest BCUT2D eigenvalue weighted by molar-refractivity contribution is -0.142. The number of amides is 4. The summed E-state index contributed by atoms with van der Waals surface area (Å²) in [7, 11) is 0. The van der Waals surface area contributed by atoms with Crippen molar-refractivity contribution < 1.29 is 67.8 Å². The van der Waals surface area contributed by atoms with Gasteiger partial charge in [-0.2, -0.15) is 0 Å². The molecule has 0 aliphatic rings. The largest absolute Gasteiger partial charge is 0.481 e. The number of hydrogen-bond donors (Lipinski definition) is 8. The molecule has 19 nitrogen and oxygen atoms in total. The number of hydrogen-bond acceptors (Lipinski definition) is 12. The summed E-state index contributed by atoms with van der Waals surface area (Å²) < 4.78 is 21.2. The molecule has 2 atom stereocenters. The van der Waals surface area contributed by atoms with Crippen LogP contribution in [0.25, 0.3) is 0 Å². The van der Waals surface area contributed by atoms with Gasteiger partial charge in [-0.1, -0.05) is 70.6 Å². The molecule has 0 bridgehead atoms. The zero-order valence-corrected chi connectivity index (χ0v) is 35.0. The van der Waals surface area contributed by atoms with Crippen LogP contribution in [0.2, 0.25) is 0 Å². The van der Waals surface area contributed by atoms with Crippen LogP contribution in [-0.4, -0.2) is 141 Å². The SMILES string of the molecule is N[C@@H](CCCCNC(=O)COCCOCCNC(=O)COCCOCCNC(=O)CC[C@H](NC(=O)CCCCCCCCCCCCCCCC(=O)O)C(=O)O)C(=O)O. The molecule has 0 radical (unpaired) electrons. The van der Waals surface area contributed by atoms with Crippen LogP contribution in [-0.2, 0) is 52.5 Å². The van der Waals surface area contributed by atoms with E-state index in [1.807, 2.05) is 0 Å². The Morgan fingerprint density at radius 1 is 0.424 bits per heavy atom. The minimum Gasteiger partial charge on any atom is -0.481 e. The topological polar surface area (TPSA) is 291 Å². The lowest BCUT2D eigenvalue weighted by atomic mass is 10.0. The van der Waals surface area contributed by atoms with Crippen molar-refractivity contribution in [1.82, 2.24) is 21.3 Å². The molecule has 9 N–H and O–H groups in total. The molecule has 0 aromatic rings. The summed E-state index contributed by atoms with van der Waals surface area (Å²) in [6.45, 7) is 1.77. The molecule has 59 heavy (non-hydrogen) atoms. The van der Waals surface area contributed by atoms with Crippen molar-refractivity contribution in [3.8, 4) is 0 Å². The Hall–Kier alpha value is -3.91. The number of nitrogens with one attached hydrogen (secondary N) is 4. The number of unbranched alkanes of at least 4 members (excludes halogenated alkanes) is 13. The highest BCUT2D eigenvalue weighted by Gasteiger charge is 2.21. The quantitative estimate of drug-likeness (QED) is 0.0409. The predicted molar refractivity (Wildman–Crippen MR) is 217 cm³/mol. The van der Waals surface area contributed by atoms with E-state index in [1.165, 1.54) is 25.7 Å².